The summed E-state index contributed by atoms with van der Waals surface area (Å²) in [5.41, 5.74) is 13.0. The van der Waals surface area contributed by atoms with E-state index in [1.54, 1.807) is 24.3 Å². The zero-order chi connectivity index (χ0) is 23.5. The van der Waals surface area contributed by atoms with Gasteiger partial charge in [-0.2, -0.15) is 0 Å². The Labute approximate surface area is 186 Å². The lowest BCUT2D eigenvalue weighted by Crippen LogP contribution is -2.56. The number of hydrogen-bond acceptors (Lipinski definition) is 5. The molecule has 0 aromatic heterocycles. The SMILES string of the molecule is NC(=O)[C@@H](Cc1ccccc1)NC(=O)[C@@H](CCC(=O)O)NC(=O)[C@H](N)Cc1ccccc1. The number of nitrogens with two attached hydrogens (primary N) is 2. The first kappa shape index (κ1) is 24.5. The van der Waals surface area contributed by atoms with Gasteiger partial charge in [0.1, 0.15) is 12.1 Å². The third-order valence-electron chi connectivity index (χ3n) is 4.86. The summed E-state index contributed by atoms with van der Waals surface area (Å²) in [7, 11) is 0. The second-order valence-corrected chi connectivity index (χ2v) is 7.44. The van der Waals surface area contributed by atoms with E-state index in [1.165, 1.54) is 0 Å². The van der Waals surface area contributed by atoms with Gasteiger partial charge in [0.2, 0.25) is 17.7 Å². The molecule has 3 atom stereocenters. The third-order valence-corrected chi connectivity index (χ3v) is 4.86. The first-order valence-corrected chi connectivity index (χ1v) is 10.2. The predicted octanol–water partition coefficient (Wildman–Crippen LogP) is 0.119. The van der Waals surface area contributed by atoms with Crippen LogP contribution in [-0.2, 0) is 32.0 Å². The Morgan fingerprint density at radius 3 is 1.78 bits per heavy atom. The zero-order valence-corrected chi connectivity index (χ0v) is 17.6. The second-order valence-electron chi connectivity index (χ2n) is 7.44. The van der Waals surface area contributed by atoms with Crippen LogP contribution in [-0.4, -0.2) is 46.9 Å². The smallest absolute Gasteiger partial charge is 0.303 e. The largest absolute Gasteiger partial charge is 0.481 e. The van der Waals surface area contributed by atoms with Crippen LogP contribution in [0.4, 0.5) is 0 Å². The third kappa shape index (κ3) is 8.19. The van der Waals surface area contributed by atoms with Crippen LogP contribution in [0.3, 0.4) is 0 Å². The van der Waals surface area contributed by atoms with E-state index in [4.69, 9.17) is 16.6 Å². The molecule has 0 aliphatic heterocycles. The molecule has 2 rings (SSSR count). The maximum Gasteiger partial charge on any atom is 0.303 e. The fraction of sp³-hybridized carbons (Fsp3) is 0.304. The van der Waals surface area contributed by atoms with Gasteiger partial charge in [-0.1, -0.05) is 60.7 Å². The lowest BCUT2D eigenvalue weighted by molar-refractivity contribution is -0.138. The first-order valence-electron chi connectivity index (χ1n) is 10.2. The molecular weight excluding hydrogens is 412 g/mol. The summed E-state index contributed by atoms with van der Waals surface area (Å²) in [6.07, 6.45) is -0.110. The molecule has 0 aliphatic rings. The van der Waals surface area contributed by atoms with Crippen LogP contribution < -0.4 is 22.1 Å². The summed E-state index contributed by atoms with van der Waals surface area (Å²) in [5, 5.41) is 14.0. The average molecular weight is 441 g/mol. The maximum absolute atomic E-state index is 12.8. The van der Waals surface area contributed by atoms with E-state index in [0.717, 1.165) is 11.1 Å². The van der Waals surface area contributed by atoms with E-state index in [1.807, 2.05) is 36.4 Å². The van der Waals surface area contributed by atoms with Crippen molar-refractivity contribution in [1.82, 2.24) is 10.6 Å². The highest BCUT2D eigenvalue weighted by Crippen LogP contribution is 2.06. The molecule has 0 unspecified atom stereocenters. The molecule has 0 saturated heterocycles. The van der Waals surface area contributed by atoms with Gasteiger partial charge in [-0.05, 0) is 24.0 Å². The maximum atomic E-state index is 12.8. The molecule has 3 amide bonds. The van der Waals surface area contributed by atoms with Gasteiger partial charge >= 0.3 is 5.97 Å². The number of carboxylic acids is 1. The molecule has 0 bridgehead atoms. The van der Waals surface area contributed by atoms with Crippen LogP contribution >= 0.6 is 0 Å². The van der Waals surface area contributed by atoms with Crippen LogP contribution in [0.1, 0.15) is 24.0 Å². The summed E-state index contributed by atoms with van der Waals surface area (Å²) in [5.74, 6) is -3.17. The van der Waals surface area contributed by atoms with E-state index in [9.17, 15) is 19.2 Å². The molecule has 0 fully saturated rings. The molecule has 2 aromatic rings. The monoisotopic (exact) mass is 440 g/mol. The van der Waals surface area contributed by atoms with Gasteiger partial charge in [0.15, 0.2) is 0 Å². The van der Waals surface area contributed by atoms with Crippen molar-refractivity contribution in [3.63, 3.8) is 0 Å². The van der Waals surface area contributed by atoms with Crippen molar-refractivity contribution < 1.29 is 24.3 Å². The Bertz CT molecular complexity index is 920. The van der Waals surface area contributed by atoms with Crippen molar-refractivity contribution in [3.05, 3.63) is 71.8 Å². The van der Waals surface area contributed by atoms with Crippen molar-refractivity contribution >= 4 is 23.7 Å². The van der Waals surface area contributed by atoms with Gasteiger partial charge in [0.05, 0.1) is 6.04 Å². The molecule has 170 valence electrons. The summed E-state index contributed by atoms with van der Waals surface area (Å²) in [4.78, 5) is 48.3. The van der Waals surface area contributed by atoms with Crippen LogP contribution in [0, 0.1) is 0 Å². The topological polar surface area (TPSA) is 165 Å². The Morgan fingerprint density at radius 1 is 0.781 bits per heavy atom. The van der Waals surface area contributed by atoms with Crippen molar-refractivity contribution in [2.75, 3.05) is 0 Å². The van der Waals surface area contributed by atoms with Crippen LogP contribution in [0.5, 0.6) is 0 Å². The molecule has 0 radical (unpaired) electrons. The highest BCUT2D eigenvalue weighted by molar-refractivity contribution is 5.93. The molecule has 0 saturated carbocycles. The molecule has 7 N–H and O–H groups in total. The normalized spacial score (nSPS) is 13.4. The number of carbonyl (C=O) groups is 4. The van der Waals surface area contributed by atoms with Gasteiger partial charge in [-0.15, -0.1) is 0 Å². The number of carbonyl (C=O) groups excluding carboxylic acids is 3. The molecule has 0 heterocycles. The molecule has 2 aromatic carbocycles. The van der Waals surface area contributed by atoms with Gasteiger partial charge in [0.25, 0.3) is 0 Å². The first-order chi connectivity index (χ1) is 15.3. The molecular formula is C23H28N4O5. The van der Waals surface area contributed by atoms with E-state index < -0.39 is 41.8 Å². The number of carboxylic acid groups (broad SMARTS) is 1. The Balaban J connectivity index is 2.06. The highest BCUT2D eigenvalue weighted by atomic mass is 16.4. The van der Waals surface area contributed by atoms with Crippen molar-refractivity contribution in [1.29, 1.82) is 0 Å². The predicted molar refractivity (Wildman–Crippen MR) is 118 cm³/mol. The van der Waals surface area contributed by atoms with Gasteiger partial charge in [-0.25, -0.2) is 0 Å². The lowest BCUT2D eigenvalue weighted by Gasteiger charge is -2.23. The molecule has 0 aliphatic carbocycles. The molecule has 32 heavy (non-hydrogen) atoms. The zero-order valence-electron chi connectivity index (χ0n) is 17.6. The van der Waals surface area contributed by atoms with E-state index in [-0.39, 0.29) is 25.7 Å². The summed E-state index contributed by atoms with van der Waals surface area (Å²) >= 11 is 0. The Morgan fingerprint density at radius 2 is 1.28 bits per heavy atom. The number of hydrogen-bond donors (Lipinski definition) is 5. The van der Waals surface area contributed by atoms with E-state index in [2.05, 4.69) is 10.6 Å². The van der Waals surface area contributed by atoms with Gasteiger partial charge in [-0.3, -0.25) is 19.2 Å². The fourth-order valence-electron chi connectivity index (χ4n) is 3.12. The number of nitrogens with one attached hydrogen (secondary N) is 2. The van der Waals surface area contributed by atoms with Crippen molar-refractivity contribution in [2.45, 2.75) is 43.8 Å². The van der Waals surface area contributed by atoms with Crippen LogP contribution in [0.2, 0.25) is 0 Å². The van der Waals surface area contributed by atoms with E-state index >= 15 is 0 Å². The summed E-state index contributed by atoms with van der Waals surface area (Å²) < 4.78 is 0. The number of rotatable bonds is 12. The minimum atomic E-state index is -1.18. The quantitative estimate of drug-likeness (QED) is 0.314. The fourth-order valence-corrected chi connectivity index (χ4v) is 3.12. The minimum absolute atomic E-state index is 0.162. The van der Waals surface area contributed by atoms with Crippen LogP contribution in [0.15, 0.2) is 60.7 Å². The number of aliphatic carboxylic acids is 1. The number of primary amides is 1. The molecule has 9 nitrogen and oxygen atoms in total. The number of amides is 3. The average Bonchev–Trinajstić information content (AvgIpc) is 2.77. The standard InChI is InChI=1S/C23H28N4O5/c24-17(13-15-7-3-1-4-8-15)22(31)26-18(11-12-20(28)29)23(32)27-19(21(25)30)14-16-9-5-2-6-10-16/h1-10,17-19H,11-14,24H2,(H2,25,30)(H,26,31)(H,27,32)(H,28,29)/t17-,18-,19-/m1/s1. The molecule has 9 heteroatoms. The second kappa shape index (κ2) is 12.2. The summed E-state index contributed by atoms with van der Waals surface area (Å²) in [6, 6.07) is 15.0. The number of benzene rings is 2. The lowest BCUT2D eigenvalue weighted by atomic mass is 10.0. The Hall–Kier alpha value is -3.72. The molecule has 0 spiro atoms. The van der Waals surface area contributed by atoms with Crippen LogP contribution in [0.25, 0.3) is 0 Å². The van der Waals surface area contributed by atoms with Gasteiger partial charge in [0, 0.05) is 12.8 Å². The van der Waals surface area contributed by atoms with E-state index in [0.29, 0.717) is 0 Å². The minimum Gasteiger partial charge on any atom is -0.481 e. The highest BCUT2D eigenvalue weighted by Gasteiger charge is 2.28. The summed E-state index contributed by atoms with van der Waals surface area (Å²) in [6.45, 7) is 0. The van der Waals surface area contributed by atoms with Crippen molar-refractivity contribution in [2.24, 2.45) is 11.5 Å². The van der Waals surface area contributed by atoms with Gasteiger partial charge < -0.3 is 27.2 Å². The Kier molecular flexibility index (Phi) is 9.37. The van der Waals surface area contributed by atoms with Crippen molar-refractivity contribution in [3.8, 4) is 0 Å².